The largest absolute Gasteiger partial charge is 0.478 e. The van der Waals surface area contributed by atoms with E-state index in [0.29, 0.717) is 0 Å². The first-order chi connectivity index (χ1) is 8.20. The molecule has 1 aromatic rings. The molecule has 0 aromatic heterocycles. The average molecular weight is 230 g/mol. The first-order valence-electron chi connectivity index (χ1n) is 5.79. The third-order valence-electron chi connectivity index (χ3n) is 2.43. The van der Waals surface area contributed by atoms with Crippen molar-refractivity contribution in [3.63, 3.8) is 0 Å². The highest BCUT2D eigenvalue weighted by Crippen LogP contribution is 2.32. The van der Waals surface area contributed by atoms with Crippen LogP contribution in [-0.2, 0) is 4.79 Å². The quantitative estimate of drug-likeness (QED) is 0.633. The fourth-order valence-electron chi connectivity index (χ4n) is 1.21. The Morgan fingerprint density at radius 2 is 1.65 bits per heavy atom. The van der Waals surface area contributed by atoms with Crippen molar-refractivity contribution in [2.75, 3.05) is 0 Å². The molecule has 2 heteroatoms. The first-order valence-corrected chi connectivity index (χ1v) is 5.79. The van der Waals surface area contributed by atoms with E-state index in [1.54, 1.807) is 6.08 Å². The zero-order chi connectivity index (χ0) is 12.5. The Hall–Kier alpha value is -1.83. The van der Waals surface area contributed by atoms with E-state index in [0.717, 1.165) is 12.3 Å². The predicted molar refractivity (Wildman–Crippen MR) is 69.7 cm³/mol. The summed E-state index contributed by atoms with van der Waals surface area (Å²) in [5, 5.41) is 8.41. The Morgan fingerprint density at radius 3 is 2.00 bits per heavy atom. The SMILES string of the molecule is C=C(/C=C/CC1CC1)C(=O)O.c1ccccc1. The van der Waals surface area contributed by atoms with Crippen LogP contribution in [0.25, 0.3) is 0 Å². The van der Waals surface area contributed by atoms with Gasteiger partial charge in [0.15, 0.2) is 0 Å². The van der Waals surface area contributed by atoms with Crippen LogP contribution in [0.5, 0.6) is 0 Å². The lowest BCUT2D eigenvalue weighted by Crippen LogP contribution is -1.94. The van der Waals surface area contributed by atoms with Gasteiger partial charge in [0.05, 0.1) is 5.57 Å². The highest BCUT2D eigenvalue weighted by atomic mass is 16.4. The minimum atomic E-state index is -0.933. The van der Waals surface area contributed by atoms with Gasteiger partial charge in [-0.1, -0.05) is 55.1 Å². The molecule has 90 valence electrons. The summed E-state index contributed by atoms with van der Waals surface area (Å²) >= 11 is 0. The minimum Gasteiger partial charge on any atom is -0.478 e. The third kappa shape index (κ3) is 7.12. The van der Waals surface area contributed by atoms with Crippen molar-refractivity contribution in [1.29, 1.82) is 0 Å². The topological polar surface area (TPSA) is 37.3 Å². The molecule has 0 saturated heterocycles. The average Bonchev–Trinajstić information content (AvgIpc) is 3.16. The molecule has 0 amide bonds. The fraction of sp³-hybridized carbons (Fsp3) is 0.267. The second-order valence-electron chi connectivity index (χ2n) is 4.07. The maximum absolute atomic E-state index is 10.2. The van der Waals surface area contributed by atoms with Crippen LogP contribution in [0.1, 0.15) is 19.3 Å². The molecule has 1 aliphatic carbocycles. The van der Waals surface area contributed by atoms with Crippen LogP contribution in [-0.4, -0.2) is 11.1 Å². The molecule has 0 spiro atoms. The standard InChI is InChI=1S/C9H12O2.C6H6/c1-7(9(10)11)3-2-4-8-5-6-8;1-2-4-6-5-3-1/h2-3,8H,1,4-6H2,(H,10,11);1-6H/b3-2+;. The second kappa shape index (κ2) is 7.44. The van der Waals surface area contributed by atoms with E-state index in [-0.39, 0.29) is 5.57 Å². The van der Waals surface area contributed by atoms with E-state index in [2.05, 4.69) is 6.58 Å². The van der Waals surface area contributed by atoms with Crippen LogP contribution in [0.3, 0.4) is 0 Å². The van der Waals surface area contributed by atoms with Crippen molar-refractivity contribution in [2.24, 2.45) is 5.92 Å². The highest BCUT2D eigenvalue weighted by Gasteiger charge is 2.18. The number of hydrogen-bond acceptors (Lipinski definition) is 1. The fourth-order valence-corrected chi connectivity index (χ4v) is 1.21. The summed E-state index contributed by atoms with van der Waals surface area (Å²) in [6, 6.07) is 12.0. The summed E-state index contributed by atoms with van der Waals surface area (Å²) in [6.45, 7) is 3.39. The molecular weight excluding hydrogens is 212 g/mol. The monoisotopic (exact) mass is 230 g/mol. The Morgan fingerprint density at radius 1 is 1.18 bits per heavy atom. The van der Waals surface area contributed by atoms with Crippen molar-refractivity contribution < 1.29 is 9.90 Å². The van der Waals surface area contributed by atoms with Gasteiger partial charge in [-0.25, -0.2) is 4.79 Å². The summed E-state index contributed by atoms with van der Waals surface area (Å²) in [7, 11) is 0. The van der Waals surface area contributed by atoms with Gasteiger partial charge in [-0.2, -0.15) is 0 Å². The number of aliphatic carboxylic acids is 1. The van der Waals surface area contributed by atoms with Gasteiger partial charge in [0, 0.05) is 0 Å². The van der Waals surface area contributed by atoms with Gasteiger partial charge in [0.1, 0.15) is 0 Å². The van der Waals surface area contributed by atoms with Crippen LogP contribution >= 0.6 is 0 Å². The molecule has 2 nitrogen and oxygen atoms in total. The molecule has 0 unspecified atom stereocenters. The molecule has 1 N–H and O–H groups in total. The zero-order valence-corrected chi connectivity index (χ0v) is 9.88. The molecule has 0 aliphatic heterocycles. The molecule has 17 heavy (non-hydrogen) atoms. The summed E-state index contributed by atoms with van der Waals surface area (Å²) in [4.78, 5) is 10.2. The summed E-state index contributed by atoms with van der Waals surface area (Å²) < 4.78 is 0. The van der Waals surface area contributed by atoms with E-state index in [4.69, 9.17) is 5.11 Å². The molecule has 1 fully saturated rings. The van der Waals surface area contributed by atoms with Crippen LogP contribution in [0.2, 0.25) is 0 Å². The first kappa shape index (κ1) is 13.2. The van der Waals surface area contributed by atoms with Crippen molar-refractivity contribution >= 4 is 5.97 Å². The maximum Gasteiger partial charge on any atom is 0.335 e. The molecule has 0 bridgehead atoms. The molecule has 1 aliphatic rings. The van der Waals surface area contributed by atoms with Crippen molar-refractivity contribution in [3.8, 4) is 0 Å². The van der Waals surface area contributed by atoms with Gasteiger partial charge < -0.3 is 5.11 Å². The van der Waals surface area contributed by atoms with E-state index in [1.165, 1.54) is 12.8 Å². The lowest BCUT2D eigenvalue weighted by Gasteiger charge is -1.89. The zero-order valence-electron chi connectivity index (χ0n) is 9.88. The highest BCUT2D eigenvalue weighted by molar-refractivity contribution is 5.88. The third-order valence-corrected chi connectivity index (χ3v) is 2.43. The number of carboxylic acids is 1. The van der Waals surface area contributed by atoms with Crippen LogP contribution < -0.4 is 0 Å². The summed E-state index contributed by atoms with van der Waals surface area (Å²) in [5.41, 5.74) is 0.172. The van der Waals surface area contributed by atoms with Crippen molar-refractivity contribution in [2.45, 2.75) is 19.3 Å². The number of rotatable bonds is 4. The molecule has 0 radical (unpaired) electrons. The van der Waals surface area contributed by atoms with Crippen LogP contribution in [0.15, 0.2) is 60.7 Å². The van der Waals surface area contributed by atoms with Gasteiger partial charge in [-0.05, 0) is 25.2 Å². The van der Waals surface area contributed by atoms with Gasteiger partial charge in [0.2, 0.25) is 0 Å². The maximum atomic E-state index is 10.2. The number of carbonyl (C=O) groups is 1. The normalized spacial score (nSPS) is 13.9. The lowest BCUT2D eigenvalue weighted by molar-refractivity contribution is -0.132. The Bertz CT molecular complexity index is 348. The molecule has 1 saturated carbocycles. The van der Waals surface area contributed by atoms with E-state index in [1.807, 2.05) is 42.5 Å². The van der Waals surface area contributed by atoms with E-state index < -0.39 is 5.97 Å². The number of benzene rings is 1. The molecule has 0 heterocycles. The van der Waals surface area contributed by atoms with Gasteiger partial charge >= 0.3 is 5.97 Å². The van der Waals surface area contributed by atoms with Crippen LogP contribution in [0.4, 0.5) is 0 Å². The minimum absolute atomic E-state index is 0.172. The number of allylic oxidation sites excluding steroid dienone is 1. The second-order valence-corrected chi connectivity index (χ2v) is 4.07. The molecule has 2 rings (SSSR count). The number of carboxylic acid groups (broad SMARTS) is 1. The Balaban J connectivity index is 0.000000202. The summed E-state index contributed by atoms with van der Waals surface area (Å²) in [6.07, 6.45) is 7.08. The molecule has 1 aromatic carbocycles. The smallest absolute Gasteiger partial charge is 0.335 e. The Labute approximate surface area is 102 Å². The van der Waals surface area contributed by atoms with E-state index >= 15 is 0 Å². The van der Waals surface area contributed by atoms with Crippen molar-refractivity contribution in [1.82, 2.24) is 0 Å². The summed E-state index contributed by atoms with van der Waals surface area (Å²) in [5.74, 6) is -0.120. The predicted octanol–water partition coefficient (Wildman–Crippen LogP) is 3.67. The Kier molecular flexibility index (Phi) is 5.80. The van der Waals surface area contributed by atoms with Gasteiger partial charge in [-0.15, -0.1) is 0 Å². The van der Waals surface area contributed by atoms with Crippen molar-refractivity contribution in [3.05, 3.63) is 60.7 Å². The lowest BCUT2D eigenvalue weighted by atomic mass is 10.2. The van der Waals surface area contributed by atoms with Gasteiger partial charge in [-0.3, -0.25) is 0 Å². The number of hydrogen-bond donors (Lipinski definition) is 1. The molecule has 0 atom stereocenters. The van der Waals surface area contributed by atoms with Crippen LogP contribution in [0, 0.1) is 5.92 Å². The van der Waals surface area contributed by atoms with Gasteiger partial charge in [0.25, 0.3) is 0 Å². The van der Waals surface area contributed by atoms with E-state index in [9.17, 15) is 4.79 Å². The molecular formula is C15H18O2.